The van der Waals surface area contributed by atoms with Gasteiger partial charge in [0, 0.05) is 19.6 Å². The second-order valence-corrected chi connectivity index (χ2v) is 5.64. The molecule has 1 heterocycles. The first-order valence-corrected chi connectivity index (χ1v) is 6.74. The van der Waals surface area contributed by atoms with Crippen molar-refractivity contribution in [2.45, 2.75) is 45.6 Å². The monoisotopic (exact) mass is 223 g/mol. The van der Waals surface area contributed by atoms with Crippen molar-refractivity contribution in [1.29, 1.82) is 0 Å². The standard InChI is InChI=1S/C14H25NO/c1-11-4-3-5-12(2)14(11)10-15-8-6-13(16)7-9-15/h4,12-14,16H,3,5-10H2,1-2H3/t12-,14-/m0/s1. The number of nitrogens with zero attached hydrogens (tertiary/aromatic N) is 1. The summed E-state index contributed by atoms with van der Waals surface area (Å²) < 4.78 is 0. The van der Waals surface area contributed by atoms with Crippen LogP contribution >= 0.6 is 0 Å². The van der Waals surface area contributed by atoms with Gasteiger partial charge >= 0.3 is 0 Å². The fourth-order valence-electron chi connectivity index (χ4n) is 3.08. The number of rotatable bonds is 2. The van der Waals surface area contributed by atoms with E-state index in [1.165, 1.54) is 19.4 Å². The van der Waals surface area contributed by atoms with Gasteiger partial charge in [-0.25, -0.2) is 0 Å². The molecular formula is C14H25NO. The molecule has 2 aliphatic rings. The number of hydrogen-bond acceptors (Lipinski definition) is 2. The van der Waals surface area contributed by atoms with Crippen LogP contribution in [0.4, 0.5) is 0 Å². The smallest absolute Gasteiger partial charge is 0.0564 e. The molecule has 0 spiro atoms. The van der Waals surface area contributed by atoms with Gasteiger partial charge in [-0.3, -0.25) is 0 Å². The van der Waals surface area contributed by atoms with Crippen molar-refractivity contribution in [2.24, 2.45) is 11.8 Å². The van der Waals surface area contributed by atoms with Crippen molar-refractivity contribution in [3.63, 3.8) is 0 Å². The maximum atomic E-state index is 9.50. The minimum atomic E-state index is -0.0448. The molecule has 2 rings (SSSR count). The number of aliphatic hydroxyl groups is 1. The summed E-state index contributed by atoms with van der Waals surface area (Å²) in [6.45, 7) is 8.05. The molecule has 92 valence electrons. The van der Waals surface area contributed by atoms with E-state index in [0.29, 0.717) is 0 Å². The van der Waals surface area contributed by atoms with Gasteiger partial charge in [0.2, 0.25) is 0 Å². The Labute approximate surface area is 99.3 Å². The molecule has 0 amide bonds. The average Bonchev–Trinajstić information content (AvgIpc) is 2.26. The highest BCUT2D eigenvalue weighted by molar-refractivity contribution is 5.09. The van der Waals surface area contributed by atoms with E-state index >= 15 is 0 Å². The molecule has 1 aliphatic carbocycles. The van der Waals surface area contributed by atoms with Gasteiger partial charge in [0.15, 0.2) is 0 Å². The molecule has 0 aromatic carbocycles. The molecule has 0 bridgehead atoms. The predicted octanol–water partition coefficient (Wildman–Crippen LogP) is 2.44. The first kappa shape index (κ1) is 12.1. The quantitative estimate of drug-likeness (QED) is 0.727. The molecule has 0 unspecified atom stereocenters. The summed E-state index contributed by atoms with van der Waals surface area (Å²) in [6.07, 6.45) is 6.91. The van der Waals surface area contributed by atoms with E-state index in [1.807, 2.05) is 0 Å². The summed E-state index contributed by atoms with van der Waals surface area (Å²) in [4.78, 5) is 2.54. The van der Waals surface area contributed by atoms with E-state index in [1.54, 1.807) is 5.57 Å². The molecule has 2 atom stereocenters. The van der Waals surface area contributed by atoms with Crippen LogP contribution in [0.25, 0.3) is 0 Å². The summed E-state index contributed by atoms with van der Waals surface area (Å²) in [6, 6.07) is 0. The van der Waals surface area contributed by atoms with Gasteiger partial charge in [0.1, 0.15) is 0 Å². The van der Waals surface area contributed by atoms with Crippen molar-refractivity contribution in [3.8, 4) is 0 Å². The Morgan fingerprint density at radius 2 is 2.00 bits per heavy atom. The summed E-state index contributed by atoms with van der Waals surface area (Å²) >= 11 is 0. The number of likely N-dealkylation sites (tertiary alicyclic amines) is 1. The van der Waals surface area contributed by atoms with Crippen molar-refractivity contribution in [2.75, 3.05) is 19.6 Å². The molecule has 1 fully saturated rings. The van der Waals surface area contributed by atoms with Gasteiger partial charge in [0.05, 0.1) is 6.10 Å². The van der Waals surface area contributed by atoms with Gasteiger partial charge in [-0.15, -0.1) is 0 Å². The van der Waals surface area contributed by atoms with Crippen LogP contribution in [0, 0.1) is 11.8 Å². The third-order valence-electron chi connectivity index (χ3n) is 4.37. The predicted molar refractivity (Wildman–Crippen MR) is 67.3 cm³/mol. The molecule has 1 saturated heterocycles. The third-order valence-corrected chi connectivity index (χ3v) is 4.37. The first-order chi connectivity index (χ1) is 7.66. The van der Waals surface area contributed by atoms with Crippen molar-refractivity contribution in [1.82, 2.24) is 4.90 Å². The maximum absolute atomic E-state index is 9.50. The minimum absolute atomic E-state index is 0.0448. The lowest BCUT2D eigenvalue weighted by atomic mass is 9.79. The minimum Gasteiger partial charge on any atom is -0.393 e. The highest BCUT2D eigenvalue weighted by atomic mass is 16.3. The lowest BCUT2D eigenvalue weighted by Crippen LogP contribution is -2.40. The SMILES string of the molecule is CC1=CCC[C@H](C)[C@H]1CN1CCC(O)CC1. The summed E-state index contributed by atoms with van der Waals surface area (Å²) in [5.74, 6) is 1.58. The van der Waals surface area contributed by atoms with E-state index in [9.17, 15) is 5.11 Å². The van der Waals surface area contributed by atoms with Crippen LogP contribution in [-0.4, -0.2) is 35.7 Å². The van der Waals surface area contributed by atoms with Gasteiger partial charge < -0.3 is 10.0 Å². The summed E-state index contributed by atoms with van der Waals surface area (Å²) in [7, 11) is 0. The molecular weight excluding hydrogens is 198 g/mol. The topological polar surface area (TPSA) is 23.5 Å². The third kappa shape index (κ3) is 2.86. The van der Waals surface area contributed by atoms with E-state index in [4.69, 9.17) is 0 Å². The second-order valence-electron chi connectivity index (χ2n) is 5.64. The first-order valence-electron chi connectivity index (χ1n) is 6.74. The second kappa shape index (κ2) is 5.33. The zero-order valence-electron chi connectivity index (χ0n) is 10.7. The van der Waals surface area contributed by atoms with Crippen LogP contribution in [0.3, 0.4) is 0 Å². The highest BCUT2D eigenvalue weighted by Crippen LogP contribution is 2.31. The Balaban J connectivity index is 1.88. The largest absolute Gasteiger partial charge is 0.393 e. The van der Waals surface area contributed by atoms with E-state index < -0.39 is 0 Å². The van der Waals surface area contributed by atoms with Crippen molar-refractivity contribution in [3.05, 3.63) is 11.6 Å². The van der Waals surface area contributed by atoms with E-state index in [0.717, 1.165) is 37.8 Å². The molecule has 2 heteroatoms. The molecule has 0 saturated carbocycles. The molecule has 0 aromatic rings. The van der Waals surface area contributed by atoms with Crippen LogP contribution in [0.1, 0.15) is 39.5 Å². The van der Waals surface area contributed by atoms with Crippen molar-refractivity contribution < 1.29 is 5.11 Å². The summed E-state index contributed by atoms with van der Waals surface area (Å²) in [5.41, 5.74) is 1.59. The Morgan fingerprint density at radius 3 is 2.62 bits per heavy atom. The maximum Gasteiger partial charge on any atom is 0.0564 e. The van der Waals surface area contributed by atoms with Crippen LogP contribution in [-0.2, 0) is 0 Å². The number of aliphatic hydroxyl groups excluding tert-OH is 1. The lowest BCUT2D eigenvalue weighted by Gasteiger charge is -2.36. The molecule has 1 aliphatic heterocycles. The zero-order chi connectivity index (χ0) is 11.5. The zero-order valence-corrected chi connectivity index (χ0v) is 10.7. The lowest BCUT2D eigenvalue weighted by molar-refractivity contribution is 0.0721. The van der Waals surface area contributed by atoms with Gasteiger partial charge in [0.25, 0.3) is 0 Å². The van der Waals surface area contributed by atoms with Gasteiger partial charge in [-0.1, -0.05) is 18.6 Å². The fraction of sp³-hybridized carbons (Fsp3) is 0.857. The Bertz CT molecular complexity index is 253. The Hall–Kier alpha value is -0.340. The van der Waals surface area contributed by atoms with Crippen LogP contribution in [0.5, 0.6) is 0 Å². The Kier molecular flexibility index (Phi) is 4.04. The number of piperidine rings is 1. The van der Waals surface area contributed by atoms with Crippen LogP contribution in [0.2, 0.25) is 0 Å². The van der Waals surface area contributed by atoms with Crippen LogP contribution < -0.4 is 0 Å². The molecule has 16 heavy (non-hydrogen) atoms. The number of hydrogen-bond donors (Lipinski definition) is 1. The van der Waals surface area contributed by atoms with E-state index in [-0.39, 0.29) is 6.10 Å². The molecule has 0 aromatic heterocycles. The molecule has 0 radical (unpaired) electrons. The van der Waals surface area contributed by atoms with Gasteiger partial charge in [-0.05, 0) is 44.4 Å². The fourth-order valence-corrected chi connectivity index (χ4v) is 3.08. The number of allylic oxidation sites excluding steroid dienone is 1. The normalized spacial score (nSPS) is 33.8. The average molecular weight is 223 g/mol. The Morgan fingerprint density at radius 1 is 1.31 bits per heavy atom. The van der Waals surface area contributed by atoms with Crippen molar-refractivity contribution >= 4 is 0 Å². The van der Waals surface area contributed by atoms with Crippen LogP contribution in [0.15, 0.2) is 11.6 Å². The van der Waals surface area contributed by atoms with Gasteiger partial charge in [-0.2, -0.15) is 0 Å². The molecule has 1 N–H and O–H groups in total. The summed E-state index contributed by atoms with van der Waals surface area (Å²) in [5, 5.41) is 9.50. The van der Waals surface area contributed by atoms with E-state index in [2.05, 4.69) is 24.8 Å². The molecule has 2 nitrogen and oxygen atoms in total. The highest BCUT2D eigenvalue weighted by Gasteiger charge is 2.26.